The summed E-state index contributed by atoms with van der Waals surface area (Å²) in [6.07, 6.45) is 3.13. The van der Waals surface area contributed by atoms with Crippen molar-refractivity contribution < 1.29 is 8.42 Å². The second kappa shape index (κ2) is 7.87. The van der Waals surface area contributed by atoms with Crippen molar-refractivity contribution in [1.82, 2.24) is 9.78 Å². The van der Waals surface area contributed by atoms with E-state index in [0.29, 0.717) is 11.3 Å². The minimum absolute atomic E-state index is 0.0842. The topological polar surface area (TPSA) is 75.8 Å². The van der Waals surface area contributed by atoms with Gasteiger partial charge in [-0.2, -0.15) is 10.4 Å². The fourth-order valence-corrected chi connectivity index (χ4v) is 4.75. The van der Waals surface area contributed by atoms with Crippen molar-refractivity contribution in [3.63, 3.8) is 0 Å². The Morgan fingerprint density at radius 2 is 1.69 bits per heavy atom. The Morgan fingerprint density at radius 3 is 2.31 bits per heavy atom. The molecule has 0 amide bonds. The fraction of sp³-hybridized carbons (Fsp3) is 0. The maximum atomic E-state index is 12.9. The van der Waals surface area contributed by atoms with Crippen molar-refractivity contribution in [2.75, 3.05) is 0 Å². The highest BCUT2D eigenvalue weighted by atomic mass is 32.2. The van der Waals surface area contributed by atoms with Gasteiger partial charge in [0.2, 0.25) is 9.84 Å². The van der Waals surface area contributed by atoms with Gasteiger partial charge >= 0.3 is 0 Å². The third kappa shape index (κ3) is 3.76. The molecule has 0 aliphatic heterocycles. The number of hydrogen-bond acceptors (Lipinski definition) is 5. The molecule has 0 unspecified atom stereocenters. The SMILES string of the molecule is N#C/C(=C\c1cn(-c2ccccc2)nc1-c1cccs1)S(=O)(=O)c1ccccc1. The minimum atomic E-state index is -3.92. The third-order valence-electron chi connectivity index (χ3n) is 4.26. The van der Waals surface area contributed by atoms with Crippen LogP contribution in [-0.4, -0.2) is 18.2 Å². The number of nitriles is 1. The largest absolute Gasteiger partial charge is 0.240 e. The van der Waals surface area contributed by atoms with Crippen LogP contribution < -0.4 is 0 Å². The number of hydrogen-bond donors (Lipinski definition) is 0. The molecule has 0 N–H and O–H groups in total. The van der Waals surface area contributed by atoms with Crippen LogP contribution in [0, 0.1) is 11.3 Å². The molecule has 4 aromatic rings. The lowest BCUT2D eigenvalue weighted by molar-refractivity contribution is 0.603. The van der Waals surface area contributed by atoms with Crippen molar-refractivity contribution in [2.45, 2.75) is 4.90 Å². The number of para-hydroxylation sites is 1. The summed E-state index contributed by atoms with van der Waals surface area (Å²) in [5, 5.41) is 16.2. The van der Waals surface area contributed by atoms with Crippen molar-refractivity contribution in [2.24, 2.45) is 0 Å². The van der Waals surface area contributed by atoms with Crippen LogP contribution in [0.1, 0.15) is 5.56 Å². The molecule has 7 heteroatoms. The zero-order valence-corrected chi connectivity index (χ0v) is 16.8. The van der Waals surface area contributed by atoms with E-state index in [9.17, 15) is 13.7 Å². The number of sulfone groups is 1. The Labute approximate surface area is 172 Å². The molecule has 0 saturated carbocycles. The average molecular weight is 418 g/mol. The van der Waals surface area contributed by atoms with E-state index in [0.717, 1.165) is 10.6 Å². The Balaban J connectivity index is 1.87. The second-order valence-electron chi connectivity index (χ2n) is 6.13. The van der Waals surface area contributed by atoms with Crippen molar-refractivity contribution >= 4 is 27.3 Å². The number of thiophene rings is 1. The first-order valence-electron chi connectivity index (χ1n) is 8.70. The molecule has 2 aromatic heterocycles. The van der Waals surface area contributed by atoms with Gasteiger partial charge in [-0.25, -0.2) is 13.1 Å². The van der Waals surface area contributed by atoms with E-state index < -0.39 is 9.84 Å². The van der Waals surface area contributed by atoms with Crippen molar-refractivity contribution in [3.8, 4) is 22.3 Å². The molecule has 0 fully saturated rings. The quantitative estimate of drug-likeness (QED) is 0.431. The lowest BCUT2D eigenvalue weighted by Gasteiger charge is -2.02. The van der Waals surface area contributed by atoms with Gasteiger partial charge < -0.3 is 0 Å². The summed E-state index contributed by atoms with van der Waals surface area (Å²) in [5.74, 6) is 0. The van der Waals surface area contributed by atoms with E-state index in [2.05, 4.69) is 5.10 Å². The summed E-state index contributed by atoms with van der Waals surface area (Å²) in [6, 6.07) is 23.1. The summed E-state index contributed by atoms with van der Waals surface area (Å²) in [7, 11) is -3.92. The molecule has 0 aliphatic carbocycles. The van der Waals surface area contributed by atoms with Gasteiger partial charge in [-0.3, -0.25) is 0 Å². The highest BCUT2D eigenvalue weighted by molar-refractivity contribution is 7.95. The fourth-order valence-electron chi connectivity index (χ4n) is 2.85. The van der Waals surface area contributed by atoms with Gasteiger partial charge in [-0.15, -0.1) is 11.3 Å². The molecule has 0 atom stereocenters. The molecule has 2 heterocycles. The normalized spacial score (nSPS) is 11.9. The summed E-state index contributed by atoms with van der Waals surface area (Å²) >= 11 is 1.50. The van der Waals surface area contributed by atoms with Crippen molar-refractivity contribution in [1.29, 1.82) is 5.26 Å². The lowest BCUT2D eigenvalue weighted by atomic mass is 10.2. The van der Waals surface area contributed by atoms with E-state index in [-0.39, 0.29) is 9.80 Å². The van der Waals surface area contributed by atoms with Crippen LogP contribution in [0.25, 0.3) is 22.3 Å². The molecule has 29 heavy (non-hydrogen) atoms. The number of nitrogens with zero attached hydrogens (tertiary/aromatic N) is 3. The van der Waals surface area contributed by atoms with Gasteiger partial charge in [0.1, 0.15) is 16.7 Å². The zero-order chi connectivity index (χ0) is 20.3. The predicted octanol–water partition coefficient (Wildman–Crippen LogP) is 4.94. The van der Waals surface area contributed by atoms with Crippen LogP contribution in [-0.2, 0) is 9.84 Å². The number of rotatable bonds is 5. The van der Waals surface area contributed by atoms with Crippen LogP contribution >= 0.6 is 11.3 Å². The van der Waals surface area contributed by atoms with Gasteiger partial charge in [0.15, 0.2) is 0 Å². The molecule has 2 aromatic carbocycles. The Morgan fingerprint density at radius 1 is 1.00 bits per heavy atom. The van der Waals surface area contributed by atoms with Gasteiger partial charge in [0.25, 0.3) is 0 Å². The van der Waals surface area contributed by atoms with E-state index in [1.54, 1.807) is 29.1 Å². The van der Waals surface area contributed by atoms with Crippen LogP contribution in [0.3, 0.4) is 0 Å². The number of benzene rings is 2. The highest BCUT2D eigenvalue weighted by Gasteiger charge is 2.22. The van der Waals surface area contributed by atoms with Crippen molar-refractivity contribution in [3.05, 3.63) is 94.8 Å². The van der Waals surface area contributed by atoms with E-state index in [1.807, 2.05) is 53.9 Å². The molecule has 0 radical (unpaired) electrons. The van der Waals surface area contributed by atoms with E-state index in [1.165, 1.54) is 29.5 Å². The standard InChI is InChI=1S/C22H15N3O2S2/c23-15-20(29(26,27)19-10-5-2-6-11-19)14-17-16-25(18-8-3-1-4-9-18)24-22(17)21-12-7-13-28-21/h1-14,16H/b20-14+. The number of aromatic nitrogens is 2. The van der Waals surface area contributed by atoms with Gasteiger partial charge in [0.05, 0.1) is 15.5 Å². The summed E-state index contributed by atoms with van der Waals surface area (Å²) in [6.45, 7) is 0. The molecule has 0 aliphatic rings. The van der Waals surface area contributed by atoms with Crippen LogP contribution in [0.4, 0.5) is 0 Å². The zero-order valence-electron chi connectivity index (χ0n) is 15.1. The minimum Gasteiger partial charge on any atom is -0.240 e. The smallest absolute Gasteiger partial charge is 0.216 e. The molecule has 0 saturated heterocycles. The average Bonchev–Trinajstić information content (AvgIpc) is 3.43. The Kier molecular flexibility index (Phi) is 5.12. The van der Waals surface area contributed by atoms with Gasteiger partial charge in [-0.1, -0.05) is 42.5 Å². The maximum Gasteiger partial charge on any atom is 0.216 e. The van der Waals surface area contributed by atoms with Crippen LogP contribution in [0.15, 0.2) is 94.2 Å². The Hall–Kier alpha value is -3.47. The van der Waals surface area contributed by atoms with E-state index in [4.69, 9.17) is 0 Å². The van der Waals surface area contributed by atoms with Crippen LogP contribution in [0.2, 0.25) is 0 Å². The lowest BCUT2D eigenvalue weighted by Crippen LogP contribution is -2.03. The first-order valence-corrected chi connectivity index (χ1v) is 11.1. The molecule has 4 rings (SSSR count). The summed E-state index contributed by atoms with van der Waals surface area (Å²) < 4.78 is 27.5. The highest BCUT2D eigenvalue weighted by Crippen LogP contribution is 2.30. The van der Waals surface area contributed by atoms with Gasteiger partial charge in [0, 0.05) is 11.8 Å². The Bertz CT molecular complexity index is 1300. The molecule has 142 valence electrons. The molecule has 0 bridgehead atoms. The molecule has 0 spiro atoms. The van der Waals surface area contributed by atoms with Crippen LogP contribution in [0.5, 0.6) is 0 Å². The first-order chi connectivity index (χ1) is 14.1. The predicted molar refractivity (Wildman–Crippen MR) is 114 cm³/mol. The number of allylic oxidation sites excluding steroid dienone is 1. The molecular formula is C22H15N3O2S2. The summed E-state index contributed by atoms with van der Waals surface area (Å²) in [4.78, 5) is 0.648. The van der Waals surface area contributed by atoms with Gasteiger partial charge in [-0.05, 0) is 41.8 Å². The van der Waals surface area contributed by atoms with E-state index >= 15 is 0 Å². The second-order valence-corrected chi connectivity index (χ2v) is 8.99. The molecule has 5 nitrogen and oxygen atoms in total. The third-order valence-corrected chi connectivity index (χ3v) is 6.82. The monoisotopic (exact) mass is 417 g/mol. The maximum absolute atomic E-state index is 12.9. The first kappa shape index (κ1) is 18.9. The molecular weight excluding hydrogens is 402 g/mol. The summed E-state index contributed by atoms with van der Waals surface area (Å²) in [5.41, 5.74) is 2.03.